The summed E-state index contributed by atoms with van der Waals surface area (Å²) in [5.74, 6) is 0.751. The Morgan fingerprint density at radius 1 is 1.14 bits per heavy atom. The zero-order chi connectivity index (χ0) is 9.97. The van der Waals surface area contributed by atoms with Crippen LogP contribution in [0.3, 0.4) is 0 Å². The summed E-state index contributed by atoms with van der Waals surface area (Å²) in [6.07, 6.45) is 6.84. The van der Waals surface area contributed by atoms with Gasteiger partial charge in [0.2, 0.25) is 0 Å². The Balaban J connectivity index is 2.50. The summed E-state index contributed by atoms with van der Waals surface area (Å²) in [4.78, 5) is 12.1. The third-order valence-corrected chi connectivity index (χ3v) is 1.94. The minimum absolute atomic E-state index is 0.639. The predicted molar refractivity (Wildman–Crippen MR) is 54.4 cm³/mol. The van der Waals surface area contributed by atoms with Crippen LogP contribution in [0.15, 0.2) is 30.9 Å². The smallest absolute Gasteiger partial charge is 0.125 e. The van der Waals surface area contributed by atoms with Crippen LogP contribution in [0.4, 0.5) is 5.69 Å². The van der Waals surface area contributed by atoms with Crippen LogP contribution in [-0.2, 0) is 0 Å². The number of hydrogen-bond donors (Lipinski definition) is 1. The van der Waals surface area contributed by atoms with Gasteiger partial charge in [-0.3, -0.25) is 4.98 Å². The van der Waals surface area contributed by atoms with Crippen molar-refractivity contribution in [2.45, 2.75) is 6.92 Å². The van der Waals surface area contributed by atoms with Crippen molar-refractivity contribution in [3.05, 3.63) is 36.7 Å². The average molecular weight is 186 g/mol. The van der Waals surface area contributed by atoms with Crippen molar-refractivity contribution in [2.24, 2.45) is 0 Å². The molecule has 0 fully saturated rings. The first-order valence-corrected chi connectivity index (χ1v) is 4.26. The number of aryl methyl sites for hydroxylation is 1. The first-order valence-electron chi connectivity index (χ1n) is 4.26. The highest BCUT2D eigenvalue weighted by Crippen LogP contribution is 2.22. The highest BCUT2D eigenvalue weighted by atomic mass is 14.8. The Bertz CT molecular complexity index is 436. The summed E-state index contributed by atoms with van der Waals surface area (Å²) in [5.41, 5.74) is 8.24. The number of nitrogens with two attached hydrogens (primary N) is 1. The standard InChI is InChI=1S/C10H10N4/c1-7-13-4-8(5-14-7)9-2-3-12-6-10(9)11/h2-6H,11H2,1H3. The molecule has 0 spiro atoms. The maximum atomic E-state index is 5.77. The van der Waals surface area contributed by atoms with Gasteiger partial charge in [0.1, 0.15) is 5.82 Å². The molecule has 2 N–H and O–H groups in total. The lowest BCUT2D eigenvalue weighted by Gasteiger charge is -2.03. The lowest BCUT2D eigenvalue weighted by molar-refractivity contribution is 1.06. The van der Waals surface area contributed by atoms with Gasteiger partial charge < -0.3 is 5.73 Å². The molecule has 4 nitrogen and oxygen atoms in total. The molecule has 2 heterocycles. The van der Waals surface area contributed by atoms with Crippen LogP contribution in [0.25, 0.3) is 11.1 Å². The first kappa shape index (κ1) is 8.62. The minimum atomic E-state index is 0.639. The second kappa shape index (κ2) is 3.41. The van der Waals surface area contributed by atoms with Crippen LogP contribution < -0.4 is 5.73 Å². The molecular weight excluding hydrogens is 176 g/mol. The van der Waals surface area contributed by atoms with Gasteiger partial charge in [0.25, 0.3) is 0 Å². The zero-order valence-corrected chi connectivity index (χ0v) is 7.81. The Morgan fingerprint density at radius 2 is 1.86 bits per heavy atom. The summed E-state index contributed by atoms with van der Waals surface area (Å²) in [6, 6.07) is 1.85. The van der Waals surface area contributed by atoms with Crippen LogP contribution in [0.5, 0.6) is 0 Å². The Kier molecular flexibility index (Phi) is 2.10. The van der Waals surface area contributed by atoms with E-state index in [0.717, 1.165) is 17.0 Å². The monoisotopic (exact) mass is 186 g/mol. The van der Waals surface area contributed by atoms with Gasteiger partial charge in [-0.15, -0.1) is 0 Å². The van der Waals surface area contributed by atoms with E-state index in [1.54, 1.807) is 24.8 Å². The highest BCUT2D eigenvalue weighted by molar-refractivity contribution is 5.74. The summed E-state index contributed by atoms with van der Waals surface area (Å²) < 4.78 is 0. The Labute approximate surface area is 81.9 Å². The van der Waals surface area contributed by atoms with Crippen molar-refractivity contribution in [3.63, 3.8) is 0 Å². The highest BCUT2D eigenvalue weighted by Gasteiger charge is 2.02. The third kappa shape index (κ3) is 1.54. The van der Waals surface area contributed by atoms with Crippen LogP contribution >= 0.6 is 0 Å². The Morgan fingerprint density at radius 3 is 2.50 bits per heavy atom. The van der Waals surface area contributed by atoms with Crippen molar-refractivity contribution < 1.29 is 0 Å². The van der Waals surface area contributed by atoms with Gasteiger partial charge in [-0.25, -0.2) is 9.97 Å². The number of nitrogen functional groups attached to an aromatic ring is 1. The lowest BCUT2D eigenvalue weighted by Crippen LogP contribution is -1.93. The topological polar surface area (TPSA) is 64.7 Å². The summed E-state index contributed by atoms with van der Waals surface area (Å²) in [5, 5.41) is 0. The molecule has 0 aliphatic heterocycles. The summed E-state index contributed by atoms with van der Waals surface area (Å²) in [7, 11) is 0. The van der Waals surface area contributed by atoms with Gasteiger partial charge in [0, 0.05) is 29.7 Å². The summed E-state index contributed by atoms with van der Waals surface area (Å²) in [6.45, 7) is 1.85. The zero-order valence-electron chi connectivity index (χ0n) is 7.81. The molecule has 0 aliphatic carbocycles. The minimum Gasteiger partial charge on any atom is -0.397 e. The van der Waals surface area contributed by atoms with Gasteiger partial charge in [-0.1, -0.05) is 0 Å². The molecule has 0 amide bonds. The molecule has 0 aliphatic rings. The molecule has 0 saturated carbocycles. The van der Waals surface area contributed by atoms with Gasteiger partial charge in [0.15, 0.2) is 0 Å². The lowest BCUT2D eigenvalue weighted by atomic mass is 10.1. The molecule has 0 bridgehead atoms. The number of rotatable bonds is 1. The molecule has 2 aromatic rings. The maximum Gasteiger partial charge on any atom is 0.125 e. The number of anilines is 1. The van der Waals surface area contributed by atoms with Gasteiger partial charge >= 0.3 is 0 Å². The maximum absolute atomic E-state index is 5.77. The second-order valence-electron chi connectivity index (χ2n) is 2.98. The number of nitrogens with zero attached hydrogens (tertiary/aromatic N) is 3. The summed E-state index contributed by atoms with van der Waals surface area (Å²) >= 11 is 0. The first-order chi connectivity index (χ1) is 6.77. The predicted octanol–water partition coefficient (Wildman–Crippen LogP) is 1.43. The van der Waals surface area contributed by atoms with Crippen LogP contribution in [-0.4, -0.2) is 15.0 Å². The fourth-order valence-corrected chi connectivity index (χ4v) is 1.20. The van der Waals surface area contributed by atoms with Crippen molar-refractivity contribution in [1.82, 2.24) is 15.0 Å². The van der Waals surface area contributed by atoms with E-state index in [9.17, 15) is 0 Å². The van der Waals surface area contributed by atoms with Crippen molar-refractivity contribution in [1.29, 1.82) is 0 Å². The van der Waals surface area contributed by atoms with Crippen molar-refractivity contribution in [3.8, 4) is 11.1 Å². The van der Waals surface area contributed by atoms with E-state index < -0.39 is 0 Å². The number of aromatic nitrogens is 3. The molecule has 0 unspecified atom stereocenters. The number of hydrogen-bond acceptors (Lipinski definition) is 4. The fraction of sp³-hybridized carbons (Fsp3) is 0.100. The van der Waals surface area contributed by atoms with E-state index in [0.29, 0.717) is 5.69 Å². The van der Waals surface area contributed by atoms with Gasteiger partial charge in [-0.05, 0) is 13.0 Å². The molecular formula is C10H10N4. The largest absolute Gasteiger partial charge is 0.397 e. The van der Waals surface area contributed by atoms with Crippen LogP contribution in [0, 0.1) is 6.92 Å². The molecule has 14 heavy (non-hydrogen) atoms. The molecule has 0 aromatic carbocycles. The Hall–Kier alpha value is -1.97. The SMILES string of the molecule is Cc1ncc(-c2ccncc2N)cn1. The van der Waals surface area contributed by atoms with E-state index in [-0.39, 0.29) is 0 Å². The van der Waals surface area contributed by atoms with Gasteiger partial charge in [-0.2, -0.15) is 0 Å². The molecule has 0 radical (unpaired) electrons. The number of pyridine rings is 1. The molecule has 2 rings (SSSR count). The fourth-order valence-electron chi connectivity index (χ4n) is 1.20. The van der Waals surface area contributed by atoms with Gasteiger partial charge in [0.05, 0.1) is 11.9 Å². The molecule has 4 heteroatoms. The third-order valence-electron chi connectivity index (χ3n) is 1.94. The quantitative estimate of drug-likeness (QED) is 0.731. The molecule has 2 aromatic heterocycles. The van der Waals surface area contributed by atoms with E-state index >= 15 is 0 Å². The van der Waals surface area contributed by atoms with Crippen molar-refractivity contribution in [2.75, 3.05) is 5.73 Å². The molecule has 0 saturated heterocycles. The van der Waals surface area contributed by atoms with Crippen LogP contribution in [0.2, 0.25) is 0 Å². The molecule has 70 valence electrons. The van der Waals surface area contributed by atoms with E-state index in [1.807, 2.05) is 13.0 Å². The van der Waals surface area contributed by atoms with Crippen LogP contribution in [0.1, 0.15) is 5.82 Å². The van der Waals surface area contributed by atoms with E-state index in [2.05, 4.69) is 15.0 Å². The average Bonchev–Trinajstić information content (AvgIpc) is 2.20. The van der Waals surface area contributed by atoms with Crippen molar-refractivity contribution >= 4 is 5.69 Å². The van der Waals surface area contributed by atoms with E-state index in [4.69, 9.17) is 5.73 Å². The second-order valence-corrected chi connectivity index (χ2v) is 2.98. The molecule has 0 atom stereocenters. The normalized spacial score (nSPS) is 10.1. The van der Waals surface area contributed by atoms with E-state index in [1.165, 1.54) is 0 Å².